The summed E-state index contributed by atoms with van der Waals surface area (Å²) in [5, 5.41) is 12.1. The molecule has 2 saturated heterocycles. The molecule has 12 nitrogen and oxygen atoms in total. The van der Waals surface area contributed by atoms with Gasteiger partial charge in [-0.25, -0.2) is 9.18 Å². The van der Waals surface area contributed by atoms with Crippen molar-refractivity contribution in [2.75, 3.05) is 34.0 Å². The molecule has 1 N–H and O–H groups in total. The number of esters is 1. The Kier molecular flexibility index (Phi) is 19.5. The van der Waals surface area contributed by atoms with Gasteiger partial charge in [-0.2, -0.15) is 0 Å². The van der Waals surface area contributed by atoms with E-state index in [0.29, 0.717) is 50.9 Å². The highest BCUT2D eigenvalue weighted by atomic mass is 19.1. The fourth-order valence-electron chi connectivity index (χ4n) is 9.78. The molecule has 3 fully saturated rings. The average molecular weight is 860 g/mol. The van der Waals surface area contributed by atoms with E-state index in [9.17, 15) is 24.3 Å². The summed E-state index contributed by atoms with van der Waals surface area (Å²) in [7, 11) is 2.92. The first-order valence-electron chi connectivity index (χ1n) is 22.5. The van der Waals surface area contributed by atoms with Crippen LogP contribution in [0.5, 0.6) is 0 Å². The van der Waals surface area contributed by atoms with Gasteiger partial charge in [0, 0.05) is 39.0 Å². The number of fused-ring (bicyclic) bond motifs is 3. The Labute approximate surface area is 363 Å². The van der Waals surface area contributed by atoms with Crippen LogP contribution < -0.4 is 0 Å². The van der Waals surface area contributed by atoms with Gasteiger partial charge in [0.1, 0.15) is 30.2 Å². The molecule has 4 aliphatic rings. The molecule has 0 spiro atoms. The third kappa shape index (κ3) is 12.6. The number of methoxy groups -OCH3 is 2. The summed E-state index contributed by atoms with van der Waals surface area (Å²) >= 11 is 0. The van der Waals surface area contributed by atoms with Crippen molar-refractivity contribution in [1.82, 2.24) is 4.90 Å². The number of halogens is 1. The van der Waals surface area contributed by atoms with Crippen LogP contribution in [-0.4, -0.2) is 122 Å². The number of carbonyl (C=O) groups is 4. The van der Waals surface area contributed by atoms with Gasteiger partial charge in [-0.1, -0.05) is 52.0 Å². The molecule has 2 bridgehead atoms. The van der Waals surface area contributed by atoms with Crippen molar-refractivity contribution >= 4 is 23.4 Å². The topological polar surface area (TPSA) is 147 Å². The molecule has 4 rings (SSSR count). The normalized spacial score (nSPS) is 38.1. The predicted octanol–water partition coefficient (Wildman–Crippen LogP) is 7.22. The molecule has 0 aromatic carbocycles. The highest BCUT2D eigenvalue weighted by Gasteiger charge is 2.56. The number of rotatable bonds is 11. The van der Waals surface area contributed by atoms with Gasteiger partial charge in [-0.05, 0) is 107 Å². The average Bonchev–Trinajstić information content (AvgIpc) is 3.26. The van der Waals surface area contributed by atoms with E-state index >= 15 is 4.39 Å². The number of Topliss-reactive ketones (excluding diaryl/α,β-unsaturated/α-hetero) is 2. The van der Waals surface area contributed by atoms with Crippen molar-refractivity contribution in [1.29, 1.82) is 0 Å². The number of nitrogens with zero attached hydrogens (tertiary/aromatic N) is 1. The quantitative estimate of drug-likeness (QED) is 0.128. The minimum Gasteiger partial charge on any atom is -0.456 e. The Morgan fingerprint density at radius 1 is 0.918 bits per heavy atom. The standard InChI is InChI=1S/C48H74FNO11/c1-11-22-58-38-20-18-34(28-39(38)59-23-12-2)24-32(7)43-29(4)17-19-37(51)35(13-3)25-30(5)42(49)31(6)26-40(56-9)44-41(57-10)27-33(8)48(55,61-44)45(52)46(53)50-21-15-14-16-36(50)47(54)60-43/h11-12,24-25,29,31,33-36,38-44,55H,1-2,13-23,26-28H2,3-10H3. The number of ketones is 2. The first-order chi connectivity index (χ1) is 29.0. The molecule has 3 aliphatic heterocycles. The monoisotopic (exact) mass is 860 g/mol. The summed E-state index contributed by atoms with van der Waals surface area (Å²) in [5.41, 5.74) is 1.22. The maximum Gasteiger partial charge on any atom is 0.329 e. The van der Waals surface area contributed by atoms with Gasteiger partial charge < -0.3 is 38.4 Å². The van der Waals surface area contributed by atoms with Gasteiger partial charge >= 0.3 is 5.97 Å². The number of carbonyl (C=O) groups excluding carboxylic acids is 4. The molecule has 13 heteroatoms. The van der Waals surface area contributed by atoms with Crippen molar-refractivity contribution in [3.8, 4) is 0 Å². The first kappa shape index (κ1) is 50.6. The van der Waals surface area contributed by atoms with Gasteiger partial charge in [0.05, 0.1) is 37.6 Å². The van der Waals surface area contributed by atoms with E-state index in [1.165, 1.54) is 19.1 Å². The third-order valence-electron chi connectivity index (χ3n) is 13.5. The number of hydrogen-bond acceptors (Lipinski definition) is 11. The zero-order valence-electron chi connectivity index (χ0n) is 38.0. The number of ether oxygens (including phenoxy) is 6. The maximum absolute atomic E-state index is 16.3. The second kappa shape index (κ2) is 23.6. The van der Waals surface area contributed by atoms with Crippen LogP contribution in [0.25, 0.3) is 0 Å². The number of allylic oxidation sites excluding steroid dienone is 3. The van der Waals surface area contributed by atoms with Crippen LogP contribution in [0.1, 0.15) is 112 Å². The number of piperidine rings is 1. The molecule has 0 aromatic rings. The minimum absolute atomic E-state index is 0.0320. The summed E-state index contributed by atoms with van der Waals surface area (Å²) in [6.07, 6.45) is 7.26. The molecule has 14 unspecified atom stereocenters. The third-order valence-corrected chi connectivity index (χ3v) is 13.5. The lowest BCUT2D eigenvalue weighted by molar-refractivity contribution is -0.302. The van der Waals surface area contributed by atoms with E-state index in [1.807, 2.05) is 20.8 Å². The Morgan fingerprint density at radius 3 is 2.21 bits per heavy atom. The number of cyclic esters (lactones) is 1. The Balaban J connectivity index is 1.74. The molecular formula is C48H74FNO11. The largest absolute Gasteiger partial charge is 0.456 e. The van der Waals surface area contributed by atoms with Crippen molar-refractivity contribution in [3.63, 3.8) is 0 Å². The fraction of sp³-hybridized carbons (Fsp3) is 0.750. The van der Waals surface area contributed by atoms with Gasteiger partial charge in [-0.15, -0.1) is 13.2 Å². The second-order valence-corrected chi connectivity index (χ2v) is 18.0. The summed E-state index contributed by atoms with van der Waals surface area (Å²) in [4.78, 5) is 58.0. The van der Waals surface area contributed by atoms with E-state index in [1.54, 1.807) is 39.0 Å². The lowest BCUT2D eigenvalue weighted by Gasteiger charge is -2.47. The van der Waals surface area contributed by atoms with Crippen molar-refractivity contribution in [2.24, 2.45) is 29.6 Å². The van der Waals surface area contributed by atoms with Crippen LogP contribution >= 0.6 is 0 Å². The Bertz CT molecular complexity index is 1580. The number of hydrogen-bond donors (Lipinski definition) is 1. The molecule has 0 aromatic heterocycles. The molecule has 0 radical (unpaired) electrons. The van der Waals surface area contributed by atoms with E-state index in [2.05, 4.69) is 19.2 Å². The molecule has 3 heterocycles. The highest BCUT2D eigenvalue weighted by molar-refractivity contribution is 6.39. The van der Waals surface area contributed by atoms with E-state index in [4.69, 9.17) is 28.4 Å². The van der Waals surface area contributed by atoms with Gasteiger partial charge in [0.15, 0.2) is 0 Å². The van der Waals surface area contributed by atoms with E-state index < -0.39 is 77.8 Å². The molecule has 1 saturated carbocycles. The minimum atomic E-state index is -2.57. The molecular weight excluding hydrogens is 786 g/mol. The Morgan fingerprint density at radius 2 is 1.57 bits per heavy atom. The zero-order valence-corrected chi connectivity index (χ0v) is 38.0. The number of amides is 1. The SMILES string of the molecule is C=CCOC1CCC(C=C(C)C2OC(=O)C3CCCCN3C(=O)C(=O)C3(O)OC(C(OC)CC(C)C(F)C(C)=CC(CC)C(=O)CCC2C)C(OC)CC3C)CC1OCC=C. The van der Waals surface area contributed by atoms with E-state index in [0.717, 1.165) is 18.4 Å². The van der Waals surface area contributed by atoms with E-state index in [-0.39, 0.29) is 62.1 Å². The number of aliphatic hydroxyl groups is 1. The molecule has 61 heavy (non-hydrogen) atoms. The first-order valence-corrected chi connectivity index (χ1v) is 22.5. The van der Waals surface area contributed by atoms with Gasteiger partial charge in [0.2, 0.25) is 5.79 Å². The lowest BCUT2D eigenvalue weighted by atomic mass is 9.81. The van der Waals surface area contributed by atoms with Crippen LogP contribution in [0.2, 0.25) is 0 Å². The maximum atomic E-state index is 16.3. The second-order valence-electron chi connectivity index (χ2n) is 18.0. The van der Waals surface area contributed by atoms with Crippen molar-refractivity contribution in [3.05, 3.63) is 48.6 Å². The lowest BCUT2D eigenvalue weighted by Crippen LogP contribution is -2.64. The van der Waals surface area contributed by atoms with Crippen LogP contribution in [0, 0.1) is 29.6 Å². The van der Waals surface area contributed by atoms with Gasteiger partial charge in [-0.3, -0.25) is 14.4 Å². The Hall–Kier alpha value is -3.07. The molecule has 344 valence electrons. The summed E-state index contributed by atoms with van der Waals surface area (Å²) in [6, 6.07) is -1.09. The fourth-order valence-corrected chi connectivity index (χ4v) is 9.78. The highest BCUT2D eigenvalue weighted by Crippen LogP contribution is 2.40. The molecule has 1 amide bonds. The van der Waals surface area contributed by atoms with Crippen molar-refractivity contribution in [2.45, 2.75) is 167 Å². The van der Waals surface area contributed by atoms with Crippen LogP contribution in [-0.2, 0) is 47.6 Å². The number of alkyl halides is 1. The smallest absolute Gasteiger partial charge is 0.329 e. The predicted molar refractivity (Wildman–Crippen MR) is 230 cm³/mol. The van der Waals surface area contributed by atoms with Crippen LogP contribution in [0.3, 0.4) is 0 Å². The summed E-state index contributed by atoms with van der Waals surface area (Å²) in [5.74, 6) is -7.74. The summed E-state index contributed by atoms with van der Waals surface area (Å²) in [6.45, 7) is 19.3. The van der Waals surface area contributed by atoms with Crippen LogP contribution in [0.4, 0.5) is 4.39 Å². The zero-order chi connectivity index (χ0) is 45.0. The molecule has 1 aliphatic carbocycles. The van der Waals surface area contributed by atoms with Gasteiger partial charge in [0.25, 0.3) is 11.7 Å². The summed E-state index contributed by atoms with van der Waals surface area (Å²) < 4.78 is 52.6. The molecule has 14 atom stereocenters. The van der Waals surface area contributed by atoms with Crippen molar-refractivity contribution < 1.29 is 57.1 Å². The van der Waals surface area contributed by atoms with Crippen LogP contribution in [0.15, 0.2) is 48.6 Å².